The molecule has 0 spiro atoms. The fourth-order valence-electron chi connectivity index (χ4n) is 4.23. The molecule has 11 heteroatoms. The third-order valence-corrected chi connectivity index (χ3v) is 6.31. The van der Waals surface area contributed by atoms with Gasteiger partial charge in [-0.15, -0.1) is 10.2 Å². The van der Waals surface area contributed by atoms with Gasteiger partial charge in [0.15, 0.2) is 11.5 Å². The Morgan fingerprint density at radius 1 is 0.951 bits per heavy atom. The molecule has 2 aromatic carbocycles. The van der Waals surface area contributed by atoms with Gasteiger partial charge in [0.2, 0.25) is 0 Å². The van der Waals surface area contributed by atoms with Crippen molar-refractivity contribution in [2.45, 2.75) is 26.4 Å². The number of anilines is 1. The second kappa shape index (κ2) is 13.2. The lowest BCUT2D eigenvalue weighted by molar-refractivity contribution is -0.137. The first kappa shape index (κ1) is 29.4. The van der Waals surface area contributed by atoms with Crippen LogP contribution in [0.5, 0.6) is 5.75 Å². The second-order valence-corrected chi connectivity index (χ2v) is 9.32. The fraction of sp³-hybridized carbons (Fsp3) is 0.333. The van der Waals surface area contributed by atoms with Gasteiger partial charge in [-0.1, -0.05) is 24.8 Å². The molecule has 4 rings (SSSR count). The molecule has 1 N–H and O–H groups in total. The number of carbonyl (C=O) groups is 2. The topological polar surface area (TPSA) is 87.7 Å². The SMILES string of the molecule is CCCNC(=O)c1ccc(N2CCN(C(=O)c3cc(C#Cc4cccc(OCC)c4)cc(C(F)(F)F)c3)CC2)nn1. The minimum atomic E-state index is -4.64. The van der Waals surface area contributed by atoms with Gasteiger partial charge in [0.25, 0.3) is 11.8 Å². The second-order valence-electron chi connectivity index (χ2n) is 9.32. The van der Waals surface area contributed by atoms with E-state index >= 15 is 0 Å². The first-order chi connectivity index (χ1) is 19.7. The van der Waals surface area contributed by atoms with E-state index in [9.17, 15) is 22.8 Å². The van der Waals surface area contributed by atoms with Gasteiger partial charge in [0, 0.05) is 49.4 Å². The Bertz CT molecular complexity index is 1440. The van der Waals surface area contributed by atoms with E-state index in [1.54, 1.807) is 36.4 Å². The van der Waals surface area contributed by atoms with Crippen LogP contribution in [-0.2, 0) is 6.18 Å². The molecular formula is C30H30F3N5O3. The minimum Gasteiger partial charge on any atom is -0.494 e. The molecule has 2 heterocycles. The smallest absolute Gasteiger partial charge is 0.416 e. The Hall–Kier alpha value is -4.59. The number of piperazine rings is 1. The number of aromatic nitrogens is 2. The lowest BCUT2D eigenvalue weighted by atomic mass is 10.0. The highest BCUT2D eigenvalue weighted by Gasteiger charge is 2.32. The van der Waals surface area contributed by atoms with E-state index in [4.69, 9.17) is 4.74 Å². The number of amides is 2. The Kier molecular flexibility index (Phi) is 9.45. The summed E-state index contributed by atoms with van der Waals surface area (Å²) in [6.07, 6.45) is -3.84. The lowest BCUT2D eigenvalue weighted by Gasteiger charge is -2.35. The average molecular weight is 566 g/mol. The molecule has 2 amide bonds. The molecule has 1 aliphatic rings. The van der Waals surface area contributed by atoms with Gasteiger partial charge in [-0.25, -0.2) is 0 Å². The number of nitrogens with one attached hydrogen (secondary N) is 1. The Morgan fingerprint density at radius 2 is 1.71 bits per heavy atom. The molecule has 41 heavy (non-hydrogen) atoms. The maximum Gasteiger partial charge on any atom is 0.416 e. The molecule has 0 saturated carbocycles. The summed E-state index contributed by atoms with van der Waals surface area (Å²) in [6, 6.07) is 13.4. The molecule has 1 aromatic heterocycles. The summed E-state index contributed by atoms with van der Waals surface area (Å²) in [4.78, 5) is 28.7. The monoisotopic (exact) mass is 565 g/mol. The zero-order valence-electron chi connectivity index (χ0n) is 22.8. The summed E-state index contributed by atoms with van der Waals surface area (Å²) >= 11 is 0. The van der Waals surface area contributed by atoms with Crippen LogP contribution in [0.3, 0.4) is 0 Å². The van der Waals surface area contributed by atoms with E-state index in [0.29, 0.717) is 43.4 Å². The van der Waals surface area contributed by atoms with Crippen molar-refractivity contribution >= 4 is 17.6 Å². The van der Waals surface area contributed by atoms with Crippen molar-refractivity contribution in [3.05, 3.63) is 82.5 Å². The number of carbonyl (C=O) groups excluding carboxylic acids is 2. The van der Waals surface area contributed by atoms with E-state index < -0.39 is 17.6 Å². The minimum absolute atomic E-state index is 0.0807. The normalized spacial score (nSPS) is 13.3. The average Bonchev–Trinajstić information content (AvgIpc) is 2.98. The highest BCUT2D eigenvalue weighted by molar-refractivity contribution is 5.95. The first-order valence-electron chi connectivity index (χ1n) is 13.3. The quantitative estimate of drug-likeness (QED) is 0.428. The summed E-state index contributed by atoms with van der Waals surface area (Å²) < 4.78 is 46.5. The van der Waals surface area contributed by atoms with Crippen LogP contribution in [0.25, 0.3) is 0 Å². The first-order valence-corrected chi connectivity index (χ1v) is 13.3. The van der Waals surface area contributed by atoms with E-state index in [1.807, 2.05) is 18.7 Å². The van der Waals surface area contributed by atoms with Crippen LogP contribution < -0.4 is 15.0 Å². The van der Waals surface area contributed by atoms with Crippen molar-refractivity contribution in [3.63, 3.8) is 0 Å². The largest absolute Gasteiger partial charge is 0.494 e. The summed E-state index contributed by atoms with van der Waals surface area (Å²) in [5, 5.41) is 10.9. The molecular weight excluding hydrogens is 535 g/mol. The van der Waals surface area contributed by atoms with Crippen molar-refractivity contribution in [1.29, 1.82) is 0 Å². The van der Waals surface area contributed by atoms with E-state index in [0.717, 1.165) is 18.6 Å². The third-order valence-electron chi connectivity index (χ3n) is 6.31. The van der Waals surface area contributed by atoms with Gasteiger partial charge < -0.3 is 19.9 Å². The van der Waals surface area contributed by atoms with Crippen LogP contribution in [0.2, 0.25) is 0 Å². The summed E-state index contributed by atoms with van der Waals surface area (Å²) in [6.45, 7) is 6.18. The molecule has 214 valence electrons. The van der Waals surface area contributed by atoms with E-state index in [1.165, 1.54) is 11.0 Å². The van der Waals surface area contributed by atoms with Crippen molar-refractivity contribution < 1.29 is 27.5 Å². The molecule has 0 unspecified atom stereocenters. The highest BCUT2D eigenvalue weighted by Crippen LogP contribution is 2.31. The van der Waals surface area contributed by atoms with Crippen LogP contribution in [0.15, 0.2) is 54.6 Å². The van der Waals surface area contributed by atoms with Crippen LogP contribution in [0.4, 0.5) is 19.0 Å². The van der Waals surface area contributed by atoms with Crippen molar-refractivity contribution in [2.75, 3.05) is 44.2 Å². The maximum absolute atomic E-state index is 13.7. The number of alkyl halides is 3. The summed E-state index contributed by atoms with van der Waals surface area (Å²) in [5.74, 6) is 5.98. The van der Waals surface area contributed by atoms with Gasteiger partial charge in [0.1, 0.15) is 5.75 Å². The number of rotatable bonds is 7. The molecule has 0 aliphatic carbocycles. The molecule has 8 nitrogen and oxygen atoms in total. The number of benzene rings is 2. The molecule has 3 aromatic rings. The Labute approximate surface area is 236 Å². The highest BCUT2D eigenvalue weighted by atomic mass is 19.4. The Balaban J connectivity index is 1.47. The van der Waals surface area contributed by atoms with Crippen molar-refractivity contribution in [2.24, 2.45) is 0 Å². The van der Waals surface area contributed by atoms with Crippen LogP contribution in [0, 0.1) is 11.8 Å². The van der Waals surface area contributed by atoms with E-state index in [-0.39, 0.29) is 35.8 Å². The molecule has 1 saturated heterocycles. The maximum atomic E-state index is 13.7. The number of hydrogen-bond donors (Lipinski definition) is 1. The Morgan fingerprint density at radius 3 is 2.37 bits per heavy atom. The number of halogens is 3. The van der Waals surface area contributed by atoms with Gasteiger partial charge in [-0.3, -0.25) is 9.59 Å². The number of nitrogens with zero attached hydrogens (tertiary/aromatic N) is 4. The van der Waals surface area contributed by atoms with Gasteiger partial charge in [-0.05, 0) is 61.9 Å². The molecule has 0 radical (unpaired) electrons. The third kappa shape index (κ3) is 7.75. The summed E-state index contributed by atoms with van der Waals surface area (Å²) in [7, 11) is 0. The van der Waals surface area contributed by atoms with Crippen LogP contribution in [-0.4, -0.2) is 66.2 Å². The predicted molar refractivity (Wildman–Crippen MR) is 148 cm³/mol. The predicted octanol–water partition coefficient (Wildman–Crippen LogP) is 4.40. The van der Waals surface area contributed by atoms with Gasteiger partial charge in [-0.2, -0.15) is 13.2 Å². The summed E-state index contributed by atoms with van der Waals surface area (Å²) in [5.41, 5.74) is -0.144. The fourth-order valence-corrected chi connectivity index (χ4v) is 4.23. The zero-order chi connectivity index (χ0) is 29.4. The van der Waals surface area contributed by atoms with Crippen LogP contribution >= 0.6 is 0 Å². The van der Waals surface area contributed by atoms with E-state index in [2.05, 4.69) is 27.4 Å². The van der Waals surface area contributed by atoms with Crippen molar-refractivity contribution in [3.8, 4) is 17.6 Å². The molecule has 0 bridgehead atoms. The van der Waals surface area contributed by atoms with Gasteiger partial charge >= 0.3 is 6.18 Å². The van der Waals surface area contributed by atoms with Crippen molar-refractivity contribution in [1.82, 2.24) is 20.4 Å². The number of hydrogen-bond acceptors (Lipinski definition) is 6. The zero-order valence-corrected chi connectivity index (χ0v) is 22.8. The van der Waals surface area contributed by atoms with Crippen LogP contribution in [0.1, 0.15) is 57.8 Å². The molecule has 1 fully saturated rings. The standard InChI is InChI=1S/C30H30F3N5O3/c1-3-12-34-28(39)26-10-11-27(36-35-26)37-13-15-38(16-14-37)29(40)23-17-22(18-24(20-23)30(31,32)33)9-8-21-6-5-7-25(19-21)41-4-2/h5-7,10-11,17-20H,3-4,12-16H2,1-2H3,(H,34,39). The molecule has 1 aliphatic heterocycles. The molecule has 0 atom stereocenters. The lowest BCUT2D eigenvalue weighted by Crippen LogP contribution is -2.49. The number of ether oxygens (including phenoxy) is 1. The van der Waals surface area contributed by atoms with Gasteiger partial charge in [0.05, 0.1) is 12.2 Å².